The number of halogens is 1. The Kier molecular flexibility index (Phi) is 8.89. The molecule has 1 aromatic heterocycles. The first kappa shape index (κ1) is 29.3. The highest BCUT2D eigenvalue weighted by Gasteiger charge is 2.22. The molecule has 1 fully saturated rings. The first-order valence-electron chi connectivity index (χ1n) is 12.9. The lowest BCUT2D eigenvalue weighted by atomic mass is 10.1. The SMILES string of the molecule is COc1cc2c(Oc3ccc(NS(=O)(=O)c4ccccc4N(O)O)cc3F)ccnc2cc1OCCN1CCOCC1. The summed E-state index contributed by atoms with van der Waals surface area (Å²) >= 11 is 0. The summed E-state index contributed by atoms with van der Waals surface area (Å²) in [6, 6.07) is 13.8. The average Bonchev–Trinajstić information content (AvgIpc) is 2.98. The number of hydrogen-bond donors (Lipinski definition) is 3. The number of rotatable bonds is 11. The number of benzene rings is 3. The Morgan fingerprint density at radius 3 is 2.55 bits per heavy atom. The Morgan fingerprint density at radius 2 is 1.81 bits per heavy atom. The zero-order valence-corrected chi connectivity index (χ0v) is 23.4. The van der Waals surface area contributed by atoms with E-state index in [0.717, 1.165) is 25.7 Å². The summed E-state index contributed by atoms with van der Waals surface area (Å²) in [5.41, 5.74) is 0.0632. The van der Waals surface area contributed by atoms with E-state index in [2.05, 4.69) is 14.6 Å². The van der Waals surface area contributed by atoms with E-state index in [1.807, 2.05) is 0 Å². The van der Waals surface area contributed by atoms with Crippen molar-refractivity contribution in [1.29, 1.82) is 0 Å². The number of sulfonamides is 1. The van der Waals surface area contributed by atoms with Gasteiger partial charge >= 0.3 is 0 Å². The molecule has 4 aromatic rings. The van der Waals surface area contributed by atoms with Crippen molar-refractivity contribution in [2.75, 3.05) is 56.5 Å². The first-order valence-corrected chi connectivity index (χ1v) is 14.4. The second-order valence-corrected chi connectivity index (χ2v) is 10.9. The topological polar surface area (TPSA) is 143 Å². The quantitative estimate of drug-likeness (QED) is 0.212. The second-order valence-electron chi connectivity index (χ2n) is 9.24. The van der Waals surface area contributed by atoms with Gasteiger partial charge in [0.15, 0.2) is 23.1 Å². The van der Waals surface area contributed by atoms with Gasteiger partial charge in [-0.1, -0.05) is 12.1 Å². The lowest BCUT2D eigenvalue weighted by Gasteiger charge is -2.26. The molecule has 12 nitrogen and oxygen atoms in total. The van der Waals surface area contributed by atoms with E-state index in [1.54, 1.807) is 18.2 Å². The smallest absolute Gasteiger partial charge is 0.264 e. The molecule has 1 saturated heterocycles. The number of morpholine rings is 1. The Hall–Kier alpha value is -4.21. The minimum Gasteiger partial charge on any atom is -0.493 e. The number of ether oxygens (including phenoxy) is 4. The van der Waals surface area contributed by atoms with Gasteiger partial charge in [0, 0.05) is 43.4 Å². The Balaban J connectivity index is 1.33. The number of para-hydroxylation sites is 1. The maximum Gasteiger partial charge on any atom is 0.264 e. The molecule has 3 aromatic carbocycles. The van der Waals surface area contributed by atoms with E-state index >= 15 is 4.39 Å². The van der Waals surface area contributed by atoms with Crippen LogP contribution in [0.1, 0.15) is 0 Å². The predicted molar refractivity (Wildman–Crippen MR) is 151 cm³/mol. The van der Waals surface area contributed by atoms with Gasteiger partial charge in [0.05, 0.1) is 31.5 Å². The van der Waals surface area contributed by atoms with Crippen molar-refractivity contribution in [2.24, 2.45) is 0 Å². The molecular formula is C28H29FN4O8S. The van der Waals surface area contributed by atoms with E-state index in [4.69, 9.17) is 18.9 Å². The number of methoxy groups -OCH3 is 1. The largest absolute Gasteiger partial charge is 0.493 e. The molecule has 42 heavy (non-hydrogen) atoms. The van der Waals surface area contributed by atoms with Crippen LogP contribution in [0.4, 0.5) is 15.8 Å². The molecule has 0 radical (unpaired) electrons. The zero-order valence-electron chi connectivity index (χ0n) is 22.6. The number of nitrogens with one attached hydrogen (secondary N) is 1. The lowest BCUT2D eigenvalue weighted by molar-refractivity contribution is 0.0276. The number of pyridine rings is 1. The molecule has 0 amide bonds. The third kappa shape index (κ3) is 6.64. The minimum absolute atomic E-state index is 0.0998. The Morgan fingerprint density at radius 1 is 1.02 bits per heavy atom. The predicted octanol–water partition coefficient (Wildman–Crippen LogP) is 4.27. The van der Waals surface area contributed by atoms with E-state index in [1.165, 1.54) is 49.7 Å². The van der Waals surface area contributed by atoms with Crippen molar-refractivity contribution in [3.05, 3.63) is 72.7 Å². The maximum absolute atomic E-state index is 15.1. The fourth-order valence-electron chi connectivity index (χ4n) is 4.42. The summed E-state index contributed by atoms with van der Waals surface area (Å²) in [5, 5.41) is 19.0. The van der Waals surface area contributed by atoms with Crippen molar-refractivity contribution in [2.45, 2.75) is 4.90 Å². The van der Waals surface area contributed by atoms with Gasteiger partial charge in [-0.25, -0.2) is 12.8 Å². The van der Waals surface area contributed by atoms with Crippen LogP contribution in [0.5, 0.6) is 23.0 Å². The van der Waals surface area contributed by atoms with Crippen LogP contribution in [0.15, 0.2) is 71.8 Å². The summed E-state index contributed by atoms with van der Waals surface area (Å²) in [6.07, 6.45) is 1.52. The highest BCUT2D eigenvalue weighted by atomic mass is 32.2. The van der Waals surface area contributed by atoms with Crippen LogP contribution in [-0.4, -0.2) is 75.3 Å². The maximum atomic E-state index is 15.1. The van der Waals surface area contributed by atoms with Gasteiger partial charge in [-0.3, -0.25) is 25.0 Å². The molecule has 14 heteroatoms. The van der Waals surface area contributed by atoms with Crippen LogP contribution in [0, 0.1) is 5.82 Å². The molecule has 1 aliphatic heterocycles. The van der Waals surface area contributed by atoms with Crippen LogP contribution in [0.3, 0.4) is 0 Å². The Bertz CT molecular complexity index is 1670. The number of aromatic nitrogens is 1. The third-order valence-corrected chi connectivity index (χ3v) is 7.96. The van der Waals surface area contributed by atoms with E-state index in [0.29, 0.717) is 48.0 Å². The molecule has 0 atom stereocenters. The number of anilines is 2. The summed E-state index contributed by atoms with van der Waals surface area (Å²) in [4.78, 5) is 6.22. The van der Waals surface area contributed by atoms with Crippen molar-refractivity contribution < 1.29 is 42.2 Å². The monoisotopic (exact) mass is 600 g/mol. The van der Waals surface area contributed by atoms with E-state index in [9.17, 15) is 18.8 Å². The van der Waals surface area contributed by atoms with Gasteiger partial charge in [0.2, 0.25) is 0 Å². The highest BCUT2D eigenvalue weighted by Crippen LogP contribution is 2.38. The number of nitrogens with zero attached hydrogens (tertiary/aromatic N) is 3. The summed E-state index contributed by atoms with van der Waals surface area (Å²) in [5.74, 6) is 0.266. The third-order valence-electron chi connectivity index (χ3n) is 6.53. The van der Waals surface area contributed by atoms with E-state index in [-0.39, 0.29) is 22.4 Å². The summed E-state index contributed by atoms with van der Waals surface area (Å²) in [6.45, 7) is 4.29. The molecule has 1 aliphatic rings. The number of hydrogen-bond acceptors (Lipinski definition) is 11. The van der Waals surface area contributed by atoms with Gasteiger partial charge in [-0.05, 0) is 36.4 Å². The lowest BCUT2D eigenvalue weighted by Crippen LogP contribution is -2.38. The van der Waals surface area contributed by atoms with Crippen molar-refractivity contribution >= 4 is 32.3 Å². The Labute approximate surface area is 241 Å². The molecule has 0 spiro atoms. The summed E-state index contributed by atoms with van der Waals surface area (Å²) in [7, 11) is -2.78. The second kappa shape index (κ2) is 12.8. The van der Waals surface area contributed by atoms with E-state index < -0.39 is 20.7 Å². The molecule has 0 bridgehead atoms. The van der Waals surface area contributed by atoms with Gasteiger partial charge in [0.1, 0.15) is 22.9 Å². The normalized spacial score (nSPS) is 14.0. The van der Waals surface area contributed by atoms with Gasteiger partial charge in [0.25, 0.3) is 10.0 Å². The zero-order chi connectivity index (χ0) is 29.7. The van der Waals surface area contributed by atoms with Crippen LogP contribution < -0.4 is 24.2 Å². The molecule has 0 aliphatic carbocycles. The van der Waals surface area contributed by atoms with Crippen molar-refractivity contribution in [3.63, 3.8) is 0 Å². The molecule has 0 unspecified atom stereocenters. The fourth-order valence-corrected chi connectivity index (χ4v) is 5.65. The molecule has 3 N–H and O–H groups in total. The molecule has 222 valence electrons. The number of fused-ring (bicyclic) bond motifs is 1. The van der Waals surface area contributed by atoms with Crippen molar-refractivity contribution in [3.8, 4) is 23.0 Å². The molecule has 5 rings (SSSR count). The molecular weight excluding hydrogens is 571 g/mol. The summed E-state index contributed by atoms with van der Waals surface area (Å²) < 4.78 is 65.8. The van der Waals surface area contributed by atoms with Crippen LogP contribution in [-0.2, 0) is 14.8 Å². The van der Waals surface area contributed by atoms with Crippen molar-refractivity contribution in [1.82, 2.24) is 9.88 Å². The van der Waals surface area contributed by atoms with Gasteiger partial charge in [-0.2, -0.15) is 0 Å². The average molecular weight is 601 g/mol. The van der Waals surface area contributed by atoms with Gasteiger partial charge in [-0.15, -0.1) is 5.23 Å². The fraction of sp³-hybridized carbons (Fsp3) is 0.250. The minimum atomic E-state index is -4.29. The van der Waals surface area contributed by atoms with Crippen LogP contribution >= 0.6 is 0 Å². The highest BCUT2D eigenvalue weighted by molar-refractivity contribution is 7.92. The first-order chi connectivity index (χ1) is 20.2. The molecule has 2 heterocycles. The van der Waals surface area contributed by atoms with Gasteiger partial charge < -0.3 is 18.9 Å². The van der Waals surface area contributed by atoms with Crippen LogP contribution in [0.2, 0.25) is 0 Å². The standard InChI is InChI=1S/C28H29FN4O8S/c1-38-26-17-20-22(18-27(26)40-15-12-32-10-13-39-14-11-32)30-9-8-24(20)41-25-7-6-19(16-21(25)29)31-42(36,37)28-5-3-2-4-23(28)33(34)35/h2-9,16-18,31,34-35H,10-15H2,1H3. The molecule has 0 saturated carbocycles. The van der Waals surface area contributed by atoms with Crippen LogP contribution in [0.25, 0.3) is 10.9 Å².